The lowest BCUT2D eigenvalue weighted by Gasteiger charge is -2.37. The highest BCUT2D eigenvalue weighted by atomic mass is 32.1. The molecular weight excluding hydrogens is 505 g/mol. The Kier molecular flexibility index (Phi) is 7.37. The molecule has 7 nitrogen and oxygen atoms in total. The standard InChI is InChI=1S/C29H26FN3O4S/c1-18(34)33-14-13-19-5-10-24(15-25(19)28(33)20-3-6-21(30)7-4-20)37-16-27-32-26(17-38-27)29(35)31-22-8-11-23(36-2)12-9-22/h3-12,15,17,28H,13-14,16H2,1-2H3,(H,31,35). The molecule has 3 aromatic carbocycles. The van der Waals surface area contributed by atoms with E-state index in [9.17, 15) is 14.0 Å². The summed E-state index contributed by atoms with van der Waals surface area (Å²) in [5.74, 6) is 0.658. The summed E-state index contributed by atoms with van der Waals surface area (Å²) < 4.78 is 24.8. The van der Waals surface area contributed by atoms with Crippen molar-refractivity contribution in [2.75, 3.05) is 19.0 Å². The van der Waals surface area contributed by atoms with Crippen molar-refractivity contribution in [3.63, 3.8) is 0 Å². The first-order chi connectivity index (χ1) is 18.4. The lowest BCUT2D eigenvalue weighted by molar-refractivity contribution is -0.130. The van der Waals surface area contributed by atoms with E-state index in [4.69, 9.17) is 9.47 Å². The third-order valence-electron chi connectivity index (χ3n) is 6.43. The van der Waals surface area contributed by atoms with Crippen molar-refractivity contribution in [3.05, 3.63) is 105 Å². The number of aromatic nitrogens is 1. The van der Waals surface area contributed by atoms with Crippen LogP contribution in [0.1, 0.15) is 45.2 Å². The lowest BCUT2D eigenvalue weighted by Crippen LogP contribution is -2.39. The maximum Gasteiger partial charge on any atom is 0.275 e. The van der Waals surface area contributed by atoms with E-state index in [0.29, 0.717) is 34.4 Å². The van der Waals surface area contributed by atoms with E-state index >= 15 is 0 Å². The molecule has 194 valence electrons. The molecule has 0 fully saturated rings. The molecule has 0 spiro atoms. The van der Waals surface area contributed by atoms with E-state index < -0.39 is 0 Å². The molecule has 1 unspecified atom stereocenters. The van der Waals surface area contributed by atoms with Gasteiger partial charge < -0.3 is 19.7 Å². The Balaban J connectivity index is 1.30. The average molecular weight is 532 g/mol. The molecule has 4 aromatic rings. The van der Waals surface area contributed by atoms with Crippen LogP contribution in [0, 0.1) is 5.82 Å². The SMILES string of the molecule is COc1ccc(NC(=O)c2csc(COc3ccc4c(c3)C(c3ccc(F)cc3)N(C(C)=O)CC4)n2)cc1. The summed E-state index contributed by atoms with van der Waals surface area (Å²) in [6.07, 6.45) is 0.728. The van der Waals surface area contributed by atoms with Crippen LogP contribution in [0.2, 0.25) is 0 Å². The average Bonchev–Trinajstić information content (AvgIpc) is 3.41. The lowest BCUT2D eigenvalue weighted by atomic mass is 9.88. The Morgan fingerprint density at radius 3 is 2.53 bits per heavy atom. The Labute approximate surface area is 223 Å². The van der Waals surface area contributed by atoms with Gasteiger partial charge in [0.1, 0.15) is 34.6 Å². The van der Waals surface area contributed by atoms with Crippen molar-refractivity contribution < 1.29 is 23.5 Å². The van der Waals surface area contributed by atoms with Gasteiger partial charge in [0.15, 0.2) is 0 Å². The van der Waals surface area contributed by atoms with Crippen LogP contribution in [0.25, 0.3) is 0 Å². The number of rotatable bonds is 7. The van der Waals surface area contributed by atoms with Gasteiger partial charge in [0.05, 0.1) is 13.2 Å². The Morgan fingerprint density at radius 2 is 1.82 bits per heavy atom. The smallest absolute Gasteiger partial charge is 0.275 e. The summed E-state index contributed by atoms with van der Waals surface area (Å²) >= 11 is 1.34. The minimum Gasteiger partial charge on any atom is -0.497 e. The Bertz CT molecular complexity index is 1450. The number of anilines is 1. The van der Waals surface area contributed by atoms with Crippen LogP contribution >= 0.6 is 11.3 Å². The van der Waals surface area contributed by atoms with Gasteiger partial charge in [-0.25, -0.2) is 9.37 Å². The minimum atomic E-state index is -0.325. The van der Waals surface area contributed by atoms with E-state index in [1.165, 1.54) is 23.5 Å². The van der Waals surface area contributed by atoms with Crippen molar-refractivity contribution in [3.8, 4) is 11.5 Å². The number of methoxy groups -OCH3 is 1. The summed E-state index contributed by atoms with van der Waals surface area (Å²) in [6.45, 7) is 2.33. The van der Waals surface area contributed by atoms with Crippen molar-refractivity contribution in [2.45, 2.75) is 26.0 Å². The van der Waals surface area contributed by atoms with Crippen molar-refractivity contribution >= 4 is 28.8 Å². The van der Waals surface area contributed by atoms with Crippen LogP contribution in [-0.2, 0) is 17.8 Å². The minimum absolute atomic E-state index is 0.0421. The van der Waals surface area contributed by atoms with Gasteiger partial charge in [0.25, 0.3) is 5.91 Å². The molecule has 1 aliphatic rings. The maximum atomic E-state index is 13.6. The number of hydrogen-bond acceptors (Lipinski definition) is 6. The number of nitrogens with one attached hydrogen (secondary N) is 1. The molecule has 0 saturated carbocycles. The fourth-order valence-electron chi connectivity index (χ4n) is 4.52. The largest absolute Gasteiger partial charge is 0.497 e. The van der Waals surface area contributed by atoms with Crippen molar-refractivity contribution in [2.24, 2.45) is 0 Å². The number of carbonyl (C=O) groups is 2. The van der Waals surface area contributed by atoms with Crippen molar-refractivity contribution in [1.29, 1.82) is 0 Å². The molecule has 38 heavy (non-hydrogen) atoms. The summed E-state index contributed by atoms with van der Waals surface area (Å²) in [5, 5.41) is 5.17. The normalized spacial score (nSPS) is 14.5. The van der Waals surface area contributed by atoms with Gasteiger partial charge in [-0.2, -0.15) is 0 Å². The number of thiazole rings is 1. The second kappa shape index (κ2) is 11.0. The zero-order valence-corrected chi connectivity index (χ0v) is 21.8. The molecule has 9 heteroatoms. The number of carbonyl (C=O) groups excluding carboxylic acids is 2. The van der Waals surface area contributed by atoms with Gasteiger partial charge in [0.2, 0.25) is 5.91 Å². The topological polar surface area (TPSA) is 80.8 Å². The zero-order chi connectivity index (χ0) is 26.6. The predicted octanol–water partition coefficient (Wildman–Crippen LogP) is 5.62. The van der Waals surface area contributed by atoms with E-state index in [2.05, 4.69) is 10.3 Å². The van der Waals surface area contributed by atoms with Crippen LogP contribution in [-0.4, -0.2) is 35.4 Å². The van der Waals surface area contributed by atoms with Gasteiger partial charge in [-0.05, 0) is 71.6 Å². The van der Waals surface area contributed by atoms with Crippen LogP contribution in [0.4, 0.5) is 10.1 Å². The van der Waals surface area contributed by atoms with E-state index in [-0.39, 0.29) is 30.3 Å². The molecule has 0 saturated heterocycles. The number of amides is 2. The second-order valence-corrected chi connectivity index (χ2v) is 9.82. The number of halogens is 1. The summed E-state index contributed by atoms with van der Waals surface area (Å²) in [7, 11) is 1.58. The predicted molar refractivity (Wildman–Crippen MR) is 143 cm³/mol. The quantitative estimate of drug-likeness (QED) is 0.335. The molecule has 1 aliphatic heterocycles. The highest BCUT2D eigenvalue weighted by Gasteiger charge is 2.31. The fourth-order valence-corrected chi connectivity index (χ4v) is 5.21. The fraction of sp³-hybridized carbons (Fsp3) is 0.207. The number of benzene rings is 3. The monoisotopic (exact) mass is 531 g/mol. The van der Waals surface area contributed by atoms with E-state index in [0.717, 1.165) is 23.1 Å². The van der Waals surface area contributed by atoms with Crippen molar-refractivity contribution in [1.82, 2.24) is 9.88 Å². The van der Waals surface area contributed by atoms with E-state index in [1.807, 2.05) is 18.2 Å². The molecule has 2 heterocycles. The number of nitrogens with zero attached hydrogens (tertiary/aromatic N) is 2. The van der Waals surface area contributed by atoms with Gasteiger partial charge in [0, 0.05) is 24.5 Å². The number of ether oxygens (including phenoxy) is 2. The first kappa shape index (κ1) is 25.4. The van der Waals surface area contributed by atoms with Gasteiger partial charge in [-0.1, -0.05) is 18.2 Å². The molecule has 0 bridgehead atoms. The van der Waals surface area contributed by atoms with Gasteiger partial charge in [-0.15, -0.1) is 11.3 Å². The van der Waals surface area contributed by atoms with Gasteiger partial charge >= 0.3 is 0 Å². The molecule has 1 atom stereocenters. The van der Waals surface area contributed by atoms with Gasteiger partial charge in [-0.3, -0.25) is 9.59 Å². The zero-order valence-electron chi connectivity index (χ0n) is 20.9. The number of fused-ring (bicyclic) bond motifs is 1. The highest BCUT2D eigenvalue weighted by molar-refractivity contribution is 7.09. The third-order valence-corrected chi connectivity index (χ3v) is 7.25. The maximum absolute atomic E-state index is 13.6. The summed E-state index contributed by atoms with van der Waals surface area (Å²) in [6, 6.07) is 18.8. The summed E-state index contributed by atoms with van der Waals surface area (Å²) in [5.41, 5.74) is 3.87. The first-order valence-electron chi connectivity index (χ1n) is 12.1. The van der Waals surface area contributed by atoms with E-state index in [1.54, 1.807) is 60.7 Å². The molecule has 1 aromatic heterocycles. The Hall–Kier alpha value is -4.24. The first-order valence-corrected chi connectivity index (χ1v) is 13.0. The summed E-state index contributed by atoms with van der Waals surface area (Å²) in [4.78, 5) is 31.2. The molecule has 0 radical (unpaired) electrons. The Morgan fingerprint density at radius 1 is 1.08 bits per heavy atom. The van der Waals surface area contributed by atoms with Crippen LogP contribution in [0.5, 0.6) is 11.5 Å². The van der Waals surface area contributed by atoms with Crippen LogP contribution in [0.15, 0.2) is 72.1 Å². The number of hydrogen-bond donors (Lipinski definition) is 1. The molecular formula is C29H26FN3O4S. The molecule has 2 amide bonds. The molecule has 1 N–H and O–H groups in total. The third kappa shape index (κ3) is 5.52. The molecule has 5 rings (SSSR count). The van der Waals surface area contributed by atoms with Crippen LogP contribution < -0.4 is 14.8 Å². The second-order valence-electron chi connectivity index (χ2n) is 8.87. The molecule has 0 aliphatic carbocycles. The highest BCUT2D eigenvalue weighted by Crippen LogP contribution is 2.37. The van der Waals surface area contributed by atoms with Crippen LogP contribution in [0.3, 0.4) is 0 Å².